The zero-order valence-electron chi connectivity index (χ0n) is 11.7. The molecule has 122 valence electrons. The Labute approximate surface area is 121 Å². The number of halogens is 3. The predicted molar refractivity (Wildman–Crippen MR) is 69.3 cm³/mol. The topological polar surface area (TPSA) is 84.2 Å². The summed E-state index contributed by atoms with van der Waals surface area (Å²) in [4.78, 5) is -0.109. The maximum absolute atomic E-state index is 12.1. The van der Waals surface area contributed by atoms with Gasteiger partial charge in [-0.2, -0.15) is 18.3 Å². The molecule has 0 fully saturated rings. The van der Waals surface area contributed by atoms with Crippen molar-refractivity contribution < 1.29 is 26.7 Å². The van der Waals surface area contributed by atoms with E-state index in [2.05, 4.69) is 5.10 Å². The van der Waals surface area contributed by atoms with Crippen LogP contribution in [0.1, 0.15) is 24.2 Å². The summed E-state index contributed by atoms with van der Waals surface area (Å²) in [5.41, 5.74) is 0.547. The van der Waals surface area contributed by atoms with E-state index in [-0.39, 0.29) is 17.2 Å². The highest BCUT2D eigenvalue weighted by Crippen LogP contribution is 2.21. The van der Waals surface area contributed by atoms with Gasteiger partial charge < -0.3 is 5.11 Å². The highest BCUT2D eigenvalue weighted by Gasteiger charge is 2.29. The van der Waals surface area contributed by atoms with Crippen LogP contribution in [-0.2, 0) is 16.6 Å². The third kappa shape index (κ3) is 4.97. The minimum Gasteiger partial charge on any atom is -0.396 e. The van der Waals surface area contributed by atoms with Crippen molar-refractivity contribution in [2.24, 2.45) is 0 Å². The van der Waals surface area contributed by atoms with Gasteiger partial charge in [-0.05, 0) is 20.3 Å². The Morgan fingerprint density at radius 2 is 1.95 bits per heavy atom. The Balaban J connectivity index is 2.90. The zero-order chi connectivity index (χ0) is 16.3. The number of sulfonamides is 1. The van der Waals surface area contributed by atoms with Crippen LogP contribution < -0.4 is 4.72 Å². The smallest absolute Gasteiger partial charge is 0.390 e. The van der Waals surface area contributed by atoms with Crippen LogP contribution in [0.25, 0.3) is 0 Å². The van der Waals surface area contributed by atoms with Gasteiger partial charge in [0.25, 0.3) is 0 Å². The maximum Gasteiger partial charge on any atom is 0.390 e. The second-order valence-electron chi connectivity index (χ2n) is 4.56. The number of nitrogens with one attached hydrogen (secondary N) is 1. The van der Waals surface area contributed by atoms with Crippen LogP contribution in [0.5, 0.6) is 0 Å². The first-order valence-electron chi connectivity index (χ1n) is 6.30. The molecule has 2 N–H and O–H groups in total. The second kappa shape index (κ2) is 6.75. The van der Waals surface area contributed by atoms with Crippen LogP contribution in [0, 0.1) is 13.8 Å². The molecule has 0 aliphatic rings. The van der Waals surface area contributed by atoms with Crippen LogP contribution in [0.4, 0.5) is 13.2 Å². The van der Waals surface area contributed by atoms with Gasteiger partial charge in [0.1, 0.15) is 4.90 Å². The second-order valence-corrected chi connectivity index (χ2v) is 6.27. The third-order valence-corrected chi connectivity index (χ3v) is 4.52. The summed E-state index contributed by atoms with van der Waals surface area (Å²) in [5, 5.41) is 12.8. The van der Waals surface area contributed by atoms with Gasteiger partial charge in [-0.1, -0.05) is 0 Å². The monoisotopic (exact) mass is 329 g/mol. The van der Waals surface area contributed by atoms with Crippen molar-refractivity contribution in [3.8, 4) is 0 Å². The molecular formula is C11H18F3N3O3S. The van der Waals surface area contributed by atoms with Crippen molar-refractivity contribution in [3.05, 3.63) is 11.4 Å². The molecule has 1 aromatic heterocycles. The summed E-state index contributed by atoms with van der Waals surface area (Å²) in [6.07, 6.45) is -5.25. The molecule has 0 bridgehead atoms. The van der Waals surface area contributed by atoms with E-state index in [0.29, 0.717) is 18.7 Å². The number of nitrogens with zero attached hydrogens (tertiary/aromatic N) is 2. The summed E-state index contributed by atoms with van der Waals surface area (Å²) < 4.78 is 63.7. The number of rotatable bonds is 7. The fraction of sp³-hybridized carbons (Fsp3) is 0.727. The fourth-order valence-electron chi connectivity index (χ4n) is 1.91. The molecule has 0 unspecified atom stereocenters. The summed E-state index contributed by atoms with van der Waals surface area (Å²) >= 11 is 0. The molecule has 0 saturated carbocycles. The summed E-state index contributed by atoms with van der Waals surface area (Å²) in [6, 6.07) is 0. The molecule has 0 amide bonds. The van der Waals surface area contributed by atoms with Crippen LogP contribution in [0.2, 0.25) is 0 Å². The van der Waals surface area contributed by atoms with Crippen molar-refractivity contribution in [2.75, 3.05) is 13.2 Å². The molecule has 0 aliphatic heterocycles. The van der Waals surface area contributed by atoms with Crippen molar-refractivity contribution in [1.82, 2.24) is 14.5 Å². The third-order valence-electron chi connectivity index (χ3n) is 2.81. The van der Waals surface area contributed by atoms with E-state index in [4.69, 9.17) is 5.11 Å². The van der Waals surface area contributed by atoms with Crippen molar-refractivity contribution in [1.29, 1.82) is 0 Å². The van der Waals surface area contributed by atoms with Gasteiger partial charge in [0.2, 0.25) is 10.0 Å². The molecule has 0 saturated heterocycles. The number of hydrogen-bond acceptors (Lipinski definition) is 4. The maximum atomic E-state index is 12.1. The molecule has 0 atom stereocenters. The molecule has 10 heteroatoms. The van der Waals surface area contributed by atoms with Gasteiger partial charge in [-0.3, -0.25) is 4.68 Å². The predicted octanol–water partition coefficient (Wildman–Crippen LogP) is 1.11. The molecule has 0 radical (unpaired) electrons. The minimum atomic E-state index is -4.42. The van der Waals surface area contributed by atoms with Gasteiger partial charge in [0.15, 0.2) is 0 Å². The molecule has 21 heavy (non-hydrogen) atoms. The zero-order valence-corrected chi connectivity index (χ0v) is 12.6. The molecule has 0 aliphatic carbocycles. The Bertz CT molecular complexity index is 582. The van der Waals surface area contributed by atoms with E-state index in [9.17, 15) is 21.6 Å². The lowest BCUT2D eigenvalue weighted by molar-refractivity contribution is -0.132. The normalized spacial score (nSPS) is 12.9. The largest absolute Gasteiger partial charge is 0.396 e. The summed E-state index contributed by atoms with van der Waals surface area (Å²) in [5.74, 6) is 0. The van der Waals surface area contributed by atoms with E-state index >= 15 is 0 Å². The summed E-state index contributed by atoms with van der Waals surface area (Å²) in [6.45, 7) is 2.55. The van der Waals surface area contributed by atoms with E-state index in [1.54, 1.807) is 0 Å². The molecule has 0 aromatic carbocycles. The van der Waals surface area contributed by atoms with Crippen LogP contribution in [0.15, 0.2) is 4.90 Å². The molecule has 1 aromatic rings. The van der Waals surface area contributed by atoms with Crippen LogP contribution >= 0.6 is 0 Å². The van der Waals surface area contributed by atoms with Crippen molar-refractivity contribution >= 4 is 10.0 Å². The SMILES string of the molecule is Cc1nn(CCCO)c(C)c1S(=O)(=O)NCCC(F)(F)F. The Hall–Kier alpha value is -1.13. The molecule has 1 rings (SSSR count). The molecule has 6 nitrogen and oxygen atoms in total. The Morgan fingerprint density at radius 1 is 1.33 bits per heavy atom. The lowest BCUT2D eigenvalue weighted by Gasteiger charge is -2.09. The van der Waals surface area contributed by atoms with E-state index in [0.717, 1.165) is 0 Å². The Morgan fingerprint density at radius 3 is 2.48 bits per heavy atom. The van der Waals surface area contributed by atoms with Crippen molar-refractivity contribution in [3.63, 3.8) is 0 Å². The minimum absolute atomic E-state index is 0.0652. The number of aliphatic hydroxyl groups excluding tert-OH is 1. The lowest BCUT2D eigenvalue weighted by atomic mass is 10.4. The number of aryl methyl sites for hydroxylation is 2. The Kier molecular flexibility index (Phi) is 5.76. The standard InChI is InChI=1S/C11H18F3N3O3S/c1-8-10(9(2)17(16-8)6-3-7-18)21(19,20)15-5-4-11(12,13)14/h15,18H,3-7H2,1-2H3. The quantitative estimate of drug-likeness (QED) is 0.785. The van der Waals surface area contributed by atoms with E-state index in [1.165, 1.54) is 18.5 Å². The van der Waals surface area contributed by atoms with Crippen LogP contribution in [0.3, 0.4) is 0 Å². The molecule has 0 spiro atoms. The number of aliphatic hydroxyl groups is 1. The highest BCUT2D eigenvalue weighted by molar-refractivity contribution is 7.89. The lowest BCUT2D eigenvalue weighted by Crippen LogP contribution is -2.28. The highest BCUT2D eigenvalue weighted by atomic mass is 32.2. The number of aromatic nitrogens is 2. The average Bonchev–Trinajstić information content (AvgIpc) is 2.60. The first-order chi connectivity index (χ1) is 9.58. The summed E-state index contributed by atoms with van der Waals surface area (Å²) in [7, 11) is -4.04. The van der Waals surface area contributed by atoms with Gasteiger partial charge in [-0.15, -0.1) is 0 Å². The number of hydrogen-bond donors (Lipinski definition) is 2. The van der Waals surface area contributed by atoms with Crippen molar-refractivity contribution in [2.45, 2.75) is 44.3 Å². The van der Waals surface area contributed by atoms with Gasteiger partial charge in [0, 0.05) is 19.7 Å². The van der Waals surface area contributed by atoms with Gasteiger partial charge in [0.05, 0.1) is 17.8 Å². The first-order valence-corrected chi connectivity index (χ1v) is 7.78. The van der Waals surface area contributed by atoms with Crippen LogP contribution in [-0.4, -0.2) is 42.6 Å². The molecule has 1 heterocycles. The average molecular weight is 329 g/mol. The first kappa shape index (κ1) is 17.9. The van der Waals surface area contributed by atoms with Gasteiger partial charge >= 0.3 is 6.18 Å². The van der Waals surface area contributed by atoms with E-state index < -0.39 is 29.2 Å². The fourth-order valence-corrected chi connectivity index (χ4v) is 3.35. The van der Waals surface area contributed by atoms with E-state index in [1.807, 2.05) is 4.72 Å². The molecular weight excluding hydrogens is 311 g/mol. The number of alkyl halides is 3. The van der Waals surface area contributed by atoms with Gasteiger partial charge in [-0.25, -0.2) is 13.1 Å².